The van der Waals surface area contributed by atoms with Crippen molar-refractivity contribution in [1.29, 1.82) is 0 Å². The lowest BCUT2D eigenvalue weighted by molar-refractivity contribution is 0.523. The van der Waals surface area contributed by atoms with Crippen LogP contribution in [0.25, 0.3) is 178 Å². The van der Waals surface area contributed by atoms with Gasteiger partial charge < -0.3 is 18.3 Å². The first-order valence-corrected chi connectivity index (χ1v) is 43.7. The van der Waals surface area contributed by atoms with Crippen LogP contribution in [0.1, 0.15) is 157 Å². The number of nitrogens with zero attached hydrogens (tertiary/aromatic N) is 10. The van der Waals surface area contributed by atoms with Crippen LogP contribution in [-0.2, 0) is 38.9 Å². The van der Waals surface area contributed by atoms with Crippen LogP contribution in [0.15, 0.2) is 309 Å². The molecule has 6 heterocycles. The molecule has 0 saturated heterocycles. The molecule has 0 spiro atoms. The van der Waals surface area contributed by atoms with Gasteiger partial charge in [0, 0.05) is 87.8 Å². The van der Waals surface area contributed by atoms with Crippen LogP contribution in [0.4, 0.5) is 0 Å². The molecule has 0 atom stereocenters. The number of benzene rings is 14. The van der Waals surface area contributed by atoms with Crippen molar-refractivity contribution in [2.24, 2.45) is 0 Å². The Labute approximate surface area is 726 Å². The van der Waals surface area contributed by atoms with Gasteiger partial charge in [-0.3, -0.25) is 0 Å². The minimum absolute atomic E-state index is 0.0340. The second-order valence-corrected chi connectivity index (χ2v) is 39.9. The van der Waals surface area contributed by atoms with Crippen LogP contribution < -0.4 is 0 Å². The maximum Gasteiger partial charge on any atom is 0.166 e. The summed E-state index contributed by atoms with van der Waals surface area (Å²) in [7, 11) is 0. The fourth-order valence-corrected chi connectivity index (χ4v) is 18.6. The zero-order valence-electron chi connectivity index (χ0n) is 74.1. The molecule has 0 radical (unpaired) electrons. The highest BCUT2D eigenvalue weighted by molar-refractivity contribution is 6.14. The van der Waals surface area contributed by atoms with Crippen molar-refractivity contribution in [2.75, 3.05) is 0 Å². The third-order valence-electron chi connectivity index (χ3n) is 25.6. The van der Waals surface area contributed by atoms with E-state index >= 15 is 0 Å². The highest BCUT2D eigenvalue weighted by atomic mass is 15.1. The largest absolute Gasteiger partial charge is 0.309 e. The number of hydrogen-bond acceptors (Lipinski definition) is 6. The van der Waals surface area contributed by atoms with Crippen molar-refractivity contribution in [3.63, 3.8) is 0 Å². The quantitative estimate of drug-likeness (QED) is 0.114. The second kappa shape index (κ2) is 29.3. The molecule has 6 aromatic heterocycles. The van der Waals surface area contributed by atoms with Crippen LogP contribution in [0.3, 0.4) is 0 Å². The number of rotatable bonds is 13. The molecular weight excluding hydrogens is 1510 g/mol. The third kappa shape index (κ3) is 13.9. The lowest BCUT2D eigenvalue weighted by Crippen LogP contribution is -2.20. The zero-order chi connectivity index (χ0) is 85.8. The first-order chi connectivity index (χ1) is 59.3. The Morgan fingerprint density at radius 1 is 0.202 bits per heavy atom. The van der Waals surface area contributed by atoms with Crippen LogP contribution >= 0.6 is 0 Å². The van der Waals surface area contributed by atoms with E-state index in [1.54, 1.807) is 0 Å². The van der Waals surface area contributed by atoms with Gasteiger partial charge in [-0.25, -0.2) is 29.9 Å². The van der Waals surface area contributed by atoms with Gasteiger partial charge in [0.1, 0.15) is 0 Å². The Hall–Kier alpha value is -13.7. The Balaban J connectivity index is 0.748. The summed E-state index contributed by atoms with van der Waals surface area (Å²) in [6.45, 7) is 39.3. The van der Waals surface area contributed by atoms with Gasteiger partial charge in [-0.2, -0.15) is 0 Å². The van der Waals surface area contributed by atoms with Gasteiger partial charge in [0.05, 0.1) is 55.5 Å². The molecular formula is C114H104N10. The maximum atomic E-state index is 5.68. The monoisotopic (exact) mass is 1610 g/mol. The molecule has 0 fully saturated rings. The van der Waals surface area contributed by atoms with Gasteiger partial charge in [-0.1, -0.05) is 300 Å². The Morgan fingerprint density at radius 3 is 0.815 bits per heavy atom. The average Bonchev–Trinajstić information content (AvgIpc) is 1.57. The molecule has 610 valence electrons. The van der Waals surface area contributed by atoms with Crippen molar-refractivity contribution in [2.45, 2.75) is 157 Å². The summed E-state index contributed by atoms with van der Waals surface area (Å²) in [4.78, 5) is 32.9. The summed E-state index contributed by atoms with van der Waals surface area (Å²) in [6.07, 6.45) is 0.713. The highest BCUT2D eigenvalue weighted by Gasteiger charge is 2.31. The molecule has 0 amide bonds. The summed E-state index contributed by atoms with van der Waals surface area (Å²) >= 11 is 0. The minimum Gasteiger partial charge on any atom is -0.309 e. The summed E-state index contributed by atoms with van der Waals surface area (Å²) < 4.78 is 9.83. The third-order valence-corrected chi connectivity index (χ3v) is 25.6. The van der Waals surface area contributed by atoms with Crippen molar-refractivity contribution in [1.82, 2.24) is 48.2 Å². The Bertz CT molecular complexity index is 7530. The number of hydrogen-bond donors (Lipinski definition) is 0. The summed E-state index contributed by atoms with van der Waals surface area (Å²) in [5.41, 5.74) is 26.3. The van der Waals surface area contributed by atoms with Crippen LogP contribution in [0.2, 0.25) is 0 Å². The molecule has 0 N–H and O–H groups in total. The van der Waals surface area contributed by atoms with Gasteiger partial charge >= 0.3 is 0 Å². The van der Waals surface area contributed by atoms with E-state index in [0.29, 0.717) is 41.4 Å². The highest BCUT2D eigenvalue weighted by Crippen LogP contribution is 2.47. The summed E-state index contributed by atoms with van der Waals surface area (Å²) in [5.74, 6) is 3.53. The summed E-state index contributed by atoms with van der Waals surface area (Å²) in [5, 5.41) is 9.58. The van der Waals surface area contributed by atoms with Crippen LogP contribution in [0, 0.1) is 0 Å². The maximum absolute atomic E-state index is 5.68. The van der Waals surface area contributed by atoms with E-state index in [1.807, 2.05) is 42.5 Å². The minimum atomic E-state index is -0.395. The predicted molar refractivity (Wildman–Crippen MR) is 520 cm³/mol. The van der Waals surface area contributed by atoms with Crippen molar-refractivity contribution in [3.8, 4) is 91.1 Å². The fourth-order valence-electron chi connectivity index (χ4n) is 18.6. The molecule has 124 heavy (non-hydrogen) atoms. The predicted octanol–water partition coefficient (Wildman–Crippen LogP) is 29.5. The molecule has 0 bridgehead atoms. The molecule has 0 saturated carbocycles. The summed E-state index contributed by atoms with van der Waals surface area (Å²) in [6, 6.07) is 114. The van der Waals surface area contributed by atoms with Gasteiger partial charge in [0.2, 0.25) is 0 Å². The van der Waals surface area contributed by atoms with Gasteiger partial charge in [-0.15, -0.1) is 0 Å². The van der Waals surface area contributed by atoms with E-state index < -0.39 is 5.41 Å². The van der Waals surface area contributed by atoms with E-state index in [4.69, 9.17) is 29.9 Å². The van der Waals surface area contributed by atoms with E-state index in [1.165, 1.54) is 65.7 Å². The molecule has 10 heteroatoms. The van der Waals surface area contributed by atoms with Crippen molar-refractivity contribution in [3.05, 3.63) is 348 Å². The van der Waals surface area contributed by atoms with E-state index in [0.717, 1.165) is 117 Å². The molecule has 0 aliphatic carbocycles. The smallest absolute Gasteiger partial charge is 0.166 e. The van der Waals surface area contributed by atoms with E-state index in [-0.39, 0.29) is 27.1 Å². The molecule has 0 aliphatic heterocycles. The van der Waals surface area contributed by atoms with Gasteiger partial charge in [-0.05, 0) is 205 Å². The van der Waals surface area contributed by atoms with E-state index in [9.17, 15) is 0 Å². The van der Waals surface area contributed by atoms with E-state index in [2.05, 4.69) is 403 Å². The zero-order valence-corrected chi connectivity index (χ0v) is 74.1. The number of aromatic nitrogens is 10. The van der Waals surface area contributed by atoms with Gasteiger partial charge in [0.25, 0.3) is 0 Å². The Morgan fingerprint density at radius 2 is 0.468 bits per heavy atom. The molecule has 20 rings (SSSR count). The second-order valence-electron chi connectivity index (χ2n) is 39.9. The standard InChI is InChI=1S/C114H104N10/c1-109(2,3)75-44-54-95-87(61-75)83-40-27-29-42-93(83)121(95)81-50-52-85(101(67-81)123-94-43-30-28-41-84(94)88-62-76(110(4,5)6)47-57-98(88)123)108-119-105(73-37-25-20-26-38-73)116-106(120-108)74-39-31-32-70(60-74)69-114(16,17)80-49-59-100-92(66-80)91-65-79(113(13,14)15)48-58-99(91)124(100)102-68-82(122-96-55-45-77(111(7,8)9)63-89(96)90-64-78(112(10,11)12)46-56-97(90)122)51-53-86(102)107-117-103(71-33-21-18-22-34-71)115-104(118-107)72-35-23-19-24-36-72/h18-68H,69H2,1-17H3. The lowest BCUT2D eigenvalue weighted by Gasteiger charge is -2.26. The van der Waals surface area contributed by atoms with Gasteiger partial charge in [0.15, 0.2) is 34.9 Å². The molecule has 20 aromatic rings. The fraction of sp³-hybridized carbons (Fsp3) is 0.211. The van der Waals surface area contributed by atoms with Crippen LogP contribution in [-0.4, -0.2) is 48.2 Å². The average molecular weight is 1610 g/mol. The number of fused-ring (bicyclic) bond motifs is 12. The Kier molecular flexibility index (Phi) is 18.6. The first-order valence-electron chi connectivity index (χ1n) is 43.7. The molecule has 0 unspecified atom stereocenters. The number of para-hydroxylation sites is 2. The topological polar surface area (TPSA) is 97.1 Å². The SMILES string of the molecule is CC(C)(C)c1ccc2c(c1)c1ccccc1n2-c1ccc(-c2nc(-c3ccccc3)nc(-c3cccc(CC(C)(C)c4ccc5c(c4)c4cc(C(C)(C)C)ccc4n5-c4cc(-n5c6ccc(C(C)(C)C)cc6c6cc(C(C)(C)C)ccc65)ccc4-c4nc(-c5ccccc5)nc(-c5ccccc5)n4)c3)n2)c(-n2c3ccccc3c3cc(C(C)(C)C)ccc32)c1. The lowest BCUT2D eigenvalue weighted by atomic mass is 9.78. The normalized spacial score (nSPS) is 12.8. The van der Waals surface area contributed by atoms with Crippen molar-refractivity contribution < 1.29 is 0 Å². The molecule has 14 aromatic carbocycles. The van der Waals surface area contributed by atoms with Crippen molar-refractivity contribution >= 4 is 87.2 Å². The molecule has 0 aliphatic rings. The van der Waals surface area contributed by atoms with Crippen LogP contribution in [0.5, 0.6) is 0 Å². The molecule has 10 nitrogen and oxygen atoms in total. The first kappa shape index (κ1) is 78.8.